The van der Waals surface area contributed by atoms with E-state index in [1.165, 1.54) is 0 Å². The molecule has 0 radical (unpaired) electrons. The van der Waals surface area contributed by atoms with Gasteiger partial charge in [0, 0.05) is 26.7 Å². The first kappa shape index (κ1) is 12.2. The molecule has 1 saturated heterocycles. The lowest BCUT2D eigenvalue weighted by molar-refractivity contribution is 0.724. The third kappa shape index (κ3) is 2.46. The van der Waals surface area contributed by atoms with Gasteiger partial charge < -0.3 is 10.2 Å². The van der Waals surface area contributed by atoms with Gasteiger partial charge in [0.05, 0.1) is 5.69 Å². The van der Waals surface area contributed by atoms with Gasteiger partial charge in [-0.15, -0.1) is 5.10 Å². The zero-order valence-electron chi connectivity index (χ0n) is 11.3. The summed E-state index contributed by atoms with van der Waals surface area (Å²) in [7, 11) is 1.92. The van der Waals surface area contributed by atoms with Crippen LogP contribution in [-0.2, 0) is 7.05 Å². The van der Waals surface area contributed by atoms with E-state index in [2.05, 4.69) is 30.5 Å². The Bertz CT molecular complexity index is 548. The standard InChI is InChI=1S/C12H19N7/c1-9-8-10(18(2)17-9)11-14-12(16-15-11)19-6-3-4-13-5-7-19/h8,13H,3-7H2,1-2H3,(H,14,15,16). The Kier molecular flexibility index (Phi) is 3.20. The Morgan fingerprint density at radius 1 is 1.26 bits per heavy atom. The van der Waals surface area contributed by atoms with Crippen LogP contribution in [0.1, 0.15) is 12.1 Å². The van der Waals surface area contributed by atoms with Crippen molar-refractivity contribution >= 4 is 5.95 Å². The van der Waals surface area contributed by atoms with Crippen LogP contribution in [0.2, 0.25) is 0 Å². The highest BCUT2D eigenvalue weighted by Gasteiger charge is 2.16. The second-order valence-corrected chi connectivity index (χ2v) is 4.87. The Morgan fingerprint density at radius 2 is 2.16 bits per heavy atom. The number of aryl methyl sites for hydroxylation is 2. The predicted octanol–water partition coefficient (Wildman–Crippen LogP) is 0.313. The van der Waals surface area contributed by atoms with Gasteiger partial charge in [-0.1, -0.05) is 0 Å². The van der Waals surface area contributed by atoms with Crippen molar-refractivity contribution in [1.29, 1.82) is 0 Å². The number of aromatic amines is 1. The minimum atomic E-state index is 0.773. The van der Waals surface area contributed by atoms with Gasteiger partial charge in [0.1, 0.15) is 5.69 Å². The van der Waals surface area contributed by atoms with E-state index in [0.717, 1.165) is 55.8 Å². The number of nitrogens with zero attached hydrogens (tertiary/aromatic N) is 5. The first-order chi connectivity index (χ1) is 9.24. The van der Waals surface area contributed by atoms with E-state index in [0.29, 0.717) is 0 Å². The van der Waals surface area contributed by atoms with Gasteiger partial charge in [-0.05, 0) is 26.0 Å². The van der Waals surface area contributed by atoms with Crippen molar-refractivity contribution in [2.45, 2.75) is 13.3 Å². The number of anilines is 1. The van der Waals surface area contributed by atoms with E-state index < -0.39 is 0 Å². The fraction of sp³-hybridized carbons (Fsp3) is 0.583. The molecule has 2 N–H and O–H groups in total. The van der Waals surface area contributed by atoms with Gasteiger partial charge in [-0.2, -0.15) is 10.1 Å². The molecular weight excluding hydrogens is 242 g/mol. The van der Waals surface area contributed by atoms with Crippen LogP contribution in [-0.4, -0.2) is 51.1 Å². The number of nitrogens with one attached hydrogen (secondary N) is 2. The highest BCUT2D eigenvalue weighted by Crippen LogP contribution is 2.18. The van der Waals surface area contributed by atoms with Gasteiger partial charge in [0.25, 0.3) is 0 Å². The lowest BCUT2D eigenvalue weighted by Gasteiger charge is -2.16. The van der Waals surface area contributed by atoms with Gasteiger partial charge in [-0.25, -0.2) is 0 Å². The maximum Gasteiger partial charge on any atom is 0.245 e. The molecule has 1 aliphatic rings. The molecule has 0 unspecified atom stereocenters. The van der Waals surface area contributed by atoms with Crippen LogP contribution in [0, 0.1) is 6.92 Å². The third-order valence-corrected chi connectivity index (χ3v) is 3.34. The summed E-state index contributed by atoms with van der Waals surface area (Å²) < 4.78 is 1.82. The van der Waals surface area contributed by atoms with Crippen molar-refractivity contribution in [3.05, 3.63) is 11.8 Å². The summed E-state index contributed by atoms with van der Waals surface area (Å²) in [4.78, 5) is 6.80. The molecule has 0 amide bonds. The Hall–Kier alpha value is -1.89. The van der Waals surface area contributed by atoms with Crippen molar-refractivity contribution < 1.29 is 0 Å². The molecule has 1 fully saturated rings. The van der Waals surface area contributed by atoms with Crippen LogP contribution >= 0.6 is 0 Å². The van der Waals surface area contributed by atoms with Gasteiger partial charge >= 0.3 is 0 Å². The molecule has 0 aromatic carbocycles. The molecule has 19 heavy (non-hydrogen) atoms. The summed E-state index contributed by atoms with van der Waals surface area (Å²) in [5.41, 5.74) is 1.94. The minimum Gasteiger partial charge on any atom is -0.338 e. The Labute approximate surface area is 112 Å². The van der Waals surface area contributed by atoms with Gasteiger partial charge in [0.15, 0.2) is 5.82 Å². The molecule has 7 nitrogen and oxygen atoms in total. The van der Waals surface area contributed by atoms with Crippen LogP contribution in [0.5, 0.6) is 0 Å². The minimum absolute atomic E-state index is 0.773. The second kappa shape index (κ2) is 5.00. The summed E-state index contributed by atoms with van der Waals surface area (Å²) >= 11 is 0. The van der Waals surface area contributed by atoms with E-state index in [9.17, 15) is 0 Å². The summed E-state index contributed by atoms with van der Waals surface area (Å²) in [5, 5.41) is 15.0. The van der Waals surface area contributed by atoms with E-state index in [1.54, 1.807) is 0 Å². The summed E-state index contributed by atoms with van der Waals surface area (Å²) in [6.45, 7) is 5.96. The summed E-state index contributed by atoms with van der Waals surface area (Å²) in [5.74, 6) is 1.55. The van der Waals surface area contributed by atoms with Crippen LogP contribution in [0.25, 0.3) is 11.5 Å². The van der Waals surface area contributed by atoms with E-state index >= 15 is 0 Å². The maximum atomic E-state index is 4.59. The average molecular weight is 261 g/mol. The topological polar surface area (TPSA) is 74.7 Å². The maximum absolute atomic E-state index is 4.59. The molecule has 0 spiro atoms. The number of aromatic nitrogens is 5. The molecule has 2 aromatic heterocycles. The number of H-pyrrole nitrogens is 1. The van der Waals surface area contributed by atoms with Crippen molar-refractivity contribution in [3.8, 4) is 11.5 Å². The normalized spacial score (nSPS) is 16.6. The molecule has 0 bridgehead atoms. The predicted molar refractivity (Wildman–Crippen MR) is 73.0 cm³/mol. The van der Waals surface area contributed by atoms with E-state index in [1.807, 2.05) is 24.7 Å². The molecule has 7 heteroatoms. The SMILES string of the molecule is Cc1cc(-c2nc(N3CCCNCC3)n[nH]2)n(C)n1. The van der Waals surface area contributed by atoms with Gasteiger partial charge in [0.2, 0.25) is 5.95 Å². The van der Waals surface area contributed by atoms with E-state index in [4.69, 9.17) is 0 Å². The lowest BCUT2D eigenvalue weighted by Crippen LogP contribution is -2.28. The van der Waals surface area contributed by atoms with Crippen LogP contribution in [0.3, 0.4) is 0 Å². The average Bonchev–Trinajstić information content (AvgIpc) is 2.88. The van der Waals surface area contributed by atoms with Crippen molar-refractivity contribution in [2.75, 3.05) is 31.1 Å². The monoisotopic (exact) mass is 261 g/mol. The Morgan fingerprint density at radius 3 is 2.95 bits per heavy atom. The number of rotatable bonds is 2. The third-order valence-electron chi connectivity index (χ3n) is 3.34. The first-order valence-corrected chi connectivity index (χ1v) is 6.63. The lowest BCUT2D eigenvalue weighted by atomic mass is 10.3. The molecule has 0 atom stereocenters. The fourth-order valence-electron chi connectivity index (χ4n) is 2.39. The summed E-state index contributed by atoms with van der Waals surface area (Å²) in [6, 6.07) is 2.01. The molecule has 0 saturated carbocycles. The van der Waals surface area contributed by atoms with Crippen LogP contribution in [0.15, 0.2) is 6.07 Å². The van der Waals surface area contributed by atoms with E-state index in [-0.39, 0.29) is 0 Å². The molecule has 0 aliphatic carbocycles. The van der Waals surface area contributed by atoms with Crippen molar-refractivity contribution in [2.24, 2.45) is 7.05 Å². The smallest absolute Gasteiger partial charge is 0.245 e. The highest BCUT2D eigenvalue weighted by molar-refractivity contribution is 5.52. The molecule has 3 rings (SSSR count). The molecule has 102 valence electrons. The molecule has 2 aromatic rings. The fourth-order valence-corrected chi connectivity index (χ4v) is 2.39. The zero-order chi connectivity index (χ0) is 13.2. The van der Waals surface area contributed by atoms with Crippen LogP contribution in [0.4, 0.5) is 5.95 Å². The largest absolute Gasteiger partial charge is 0.338 e. The zero-order valence-corrected chi connectivity index (χ0v) is 11.3. The van der Waals surface area contributed by atoms with Crippen molar-refractivity contribution in [1.82, 2.24) is 30.3 Å². The molecule has 3 heterocycles. The molecular formula is C12H19N7. The highest BCUT2D eigenvalue weighted by atomic mass is 15.4. The number of hydrogen-bond donors (Lipinski definition) is 2. The quantitative estimate of drug-likeness (QED) is 0.814. The summed E-state index contributed by atoms with van der Waals surface area (Å²) in [6.07, 6.45) is 1.12. The first-order valence-electron chi connectivity index (χ1n) is 6.63. The van der Waals surface area contributed by atoms with Crippen LogP contribution < -0.4 is 10.2 Å². The van der Waals surface area contributed by atoms with Gasteiger partial charge in [-0.3, -0.25) is 9.78 Å². The number of hydrogen-bond acceptors (Lipinski definition) is 5. The van der Waals surface area contributed by atoms with Crippen molar-refractivity contribution in [3.63, 3.8) is 0 Å². The molecule has 1 aliphatic heterocycles. The second-order valence-electron chi connectivity index (χ2n) is 4.87. The Balaban J connectivity index is 1.84.